The summed E-state index contributed by atoms with van der Waals surface area (Å²) < 4.78 is 16.9. The first kappa shape index (κ1) is 76.0. The van der Waals surface area contributed by atoms with Gasteiger partial charge in [0.25, 0.3) is 0 Å². The Morgan fingerprint density at radius 3 is 0.790 bits per heavy atom. The fourth-order valence-electron chi connectivity index (χ4n) is 8.63. The van der Waals surface area contributed by atoms with Crippen molar-refractivity contribution in [3.63, 3.8) is 0 Å². The molecule has 6 nitrogen and oxygen atoms in total. The van der Waals surface area contributed by atoms with Gasteiger partial charge in [-0.2, -0.15) is 0 Å². The molecule has 0 amide bonds. The molecular weight excluding hydrogens is 997 g/mol. The van der Waals surface area contributed by atoms with Crippen molar-refractivity contribution >= 4 is 17.9 Å². The standard InChI is InChI=1S/C75H120O6/c1-4-7-10-13-16-19-22-25-28-30-32-34-36-37-39-40-42-44-47-50-53-56-59-62-65-68-74(77)80-71-72(70-79-73(76)67-64-61-58-55-52-49-46-27-24-21-18-15-12-9-6-3)81-75(78)69-66-63-60-57-54-51-48-45-43-41-38-35-33-31-29-26-23-20-17-14-11-8-5-2/h8-9,11-12,17-18,20-22,25-27,29-30,32-33,35-37,41,43,46,48,51,57,60,72H,4-7,10,13-16,19,23-24,28,31,34,38-40,42,44-45,47,49-50,52-56,58-59,61-71H2,1-3H3/b11-8-,12-9-,20-17-,21-18-,25-22-,29-26-,32-30-,35-33-,37-36-,43-41-,46-27-,51-48-,60-57-. The van der Waals surface area contributed by atoms with Gasteiger partial charge in [-0.3, -0.25) is 14.4 Å². The highest BCUT2D eigenvalue weighted by molar-refractivity contribution is 5.71. The minimum absolute atomic E-state index is 0.115. The van der Waals surface area contributed by atoms with Gasteiger partial charge in [0.1, 0.15) is 13.2 Å². The van der Waals surface area contributed by atoms with Gasteiger partial charge >= 0.3 is 17.9 Å². The number of carbonyl (C=O) groups excluding carboxylic acids is 3. The summed E-state index contributed by atoms with van der Waals surface area (Å²) in [6, 6.07) is 0. The van der Waals surface area contributed by atoms with Crippen LogP contribution < -0.4 is 0 Å². The van der Waals surface area contributed by atoms with E-state index in [0.717, 1.165) is 141 Å². The van der Waals surface area contributed by atoms with Crippen molar-refractivity contribution in [2.75, 3.05) is 13.2 Å². The third kappa shape index (κ3) is 65.7. The van der Waals surface area contributed by atoms with E-state index in [0.29, 0.717) is 19.3 Å². The average Bonchev–Trinajstić information content (AvgIpc) is 3.47. The molecule has 456 valence electrons. The Balaban J connectivity index is 4.49. The van der Waals surface area contributed by atoms with Crippen LogP contribution in [0.25, 0.3) is 0 Å². The maximum absolute atomic E-state index is 12.9. The Labute approximate surface area is 499 Å². The zero-order valence-electron chi connectivity index (χ0n) is 52.2. The van der Waals surface area contributed by atoms with Gasteiger partial charge in [-0.15, -0.1) is 0 Å². The molecule has 1 atom stereocenters. The first-order valence-electron chi connectivity index (χ1n) is 33.0. The van der Waals surface area contributed by atoms with Crippen molar-refractivity contribution in [1.82, 2.24) is 0 Å². The molecule has 0 saturated carbocycles. The zero-order chi connectivity index (χ0) is 58.5. The first-order valence-corrected chi connectivity index (χ1v) is 33.0. The molecule has 0 aliphatic rings. The molecule has 1 unspecified atom stereocenters. The Bertz CT molecular complexity index is 1810. The van der Waals surface area contributed by atoms with E-state index in [-0.39, 0.29) is 37.5 Å². The summed E-state index contributed by atoms with van der Waals surface area (Å²) in [5.41, 5.74) is 0. The summed E-state index contributed by atoms with van der Waals surface area (Å²) in [5, 5.41) is 0. The lowest BCUT2D eigenvalue weighted by Crippen LogP contribution is -2.30. The van der Waals surface area contributed by atoms with Crippen molar-refractivity contribution in [2.24, 2.45) is 0 Å². The Morgan fingerprint density at radius 2 is 0.494 bits per heavy atom. The lowest BCUT2D eigenvalue weighted by molar-refractivity contribution is -0.167. The predicted molar refractivity (Wildman–Crippen MR) is 352 cm³/mol. The van der Waals surface area contributed by atoms with E-state index in [9.17, 15) is 14.4 Å². The van der Waals surface area contributed by atoms with Gasteiger partial charge < -0.3 is 14.2 Å². The van der Waals surface area contributed by atoms with E-state index in [2.05, 4.69) is 179 Å². The van der Waals surface area contributed by atoms with Crippen LogP contribution in [-0.2, 0) is 28.6 Å². The van der Waals surface area contributed by atoms with Crippen LogP contribution in [-0.4, -0.2) is 37.2 Å². The summed E-state index contributed by atoms with van der Waals surface area (Å²) in [4.78, 5) is 38.4. The summed E-state index contributed by atoms with van der Waals surface area (Å²) in [6.07, 6.45) is 98.3. The fourth-order valence-corrected chi connectivity index (χ4v) is 8.63. The second kappa shape index (κ2) is 67.5. The number of esters is 3. The van der Waals surface area contributed by atoms with Crippen molar-refractivity contribution < 1.29 is 28.6 Å². The third-order valence-electron chi connectivity index (χ3n) is 13.5. The van der Waals surface area contributed by atoms with Crippen LogP contribution in [0, 0.1) is 0 Å². The van der Waals surface area contributed by atoms with Crippen LogP contribution >= 0.6 is 0 Å². The monoisotopic (exact) mass is 1120 g/mol. The normalized spacial score (nSPS) is 13.2. The first-order chi connectivity index (χ1) is 40.0. The maximum atomic E-state index is 12.9. The number of rotatable bonds is 58. The Kier molecular flexibility index (Phi) is 63.4. The summed E-state index contributed by atoms with van der Waals surface area (Å²) in [7, 11) is 0. The summed E-state index contributed by atoms with van der Waals surface area (Å²) >= 11 is 0. The van der Waals surface area contributed by atoms with Crippen molar-refractivity contribution in [3.05, 3.63) is 158 Å². The Hall–Kier alpha value is -4.97. The SMILES string of the molecule is CC/C=C\C/C=C\C/C=C\C/C=C\C/C=C\C/C=C\C/C=C\CCCC(=O)OC(COC(=O)CCCCCCC/C=C\C/C=C\C/C=C\CC)COC(=O)CCCCCCCCCCCC/C=C\C/C=C\C/C=C\CCCCCCC. The largest absolute Gasteiger partial charge is 0.462 e. The molecule has 0 aromatic carbocycles. The van der Waals surface area contributed by atoms with Crippen molar-refractivity contribution in [2.45, 2.75) is 284 Å². The maximum Gasteiger partial charge on any atom is 0.306 e. The van der Waals surface area contributed by atoms with Gasteiger partial charge in [0.05, 0.1) is 0 Å². The van der Waals surface area contributed by atoms with Crippen molar-refractivity contribution in [1.29, 1.82) is 0 Å². The van der Waals surface area contributed by atoms with Gasteiger partial charge in [-0.1, -0.05) is 275 Å². The van der Waals surface area contributed by atoms with Crippen LogP contribution in [0.1, 0.15) is 278 Å². The molecule has 0 aromatic heterocycles. The van der Waals surface area contributed by atoms with Gasteiger partial charge in [-0.05, 0) is 141 Å². The molecule has 0 heterocycles. The molecule has 0 aromatic rings. The molecular formula is C75H120O6. The van der Waals surface area contributed by atoms with E-state index in [1.807, 2.05) is 0 Å². The Morgan fingerprint density at radius 1 is 0.259 bits per heavy atom. The summed E-state index contributed by atoms with van der Waals surface area (Å²) in [6.45, 7) is 6.34. The molecule has 0 aliphatic carbocycles. The smallest absolute Gasteiger partial charge is 0.306 e. The molecule has 0 radical (unpaired) electrons. The predicted octanol–water partition coefficient (Wildman–Crippen LogP) is 22.9. The third-order valence-corrected chi connectivity index (χ3v) is 13.5. The highest BCUT2D eigenvalue weighted by Crippen LogP contribution is 2.15. The quantitative estimate of drug-likeness (QED) is 0.0261. The molecule has 0 aliphatic heterocycles. The van der Waals surface area contributed by atoms with Crippen LogP contribution in [0.15, 0.2) is 158 Å². The van der Waals surface area contributed by atoms with E-state index in [1.54, 1.807) is 0 Å². The molecule has 6 heteroatoms. The number of allylic oxidation sites excluding steroid dienone is 26. The minimum atomic E-state index is -0.827. The molecule has 0 saturated heterocycles. The van der Waals surface area contributed by atoms with Gasteiger partial charge in [0.2, 0.25) is 0 Å². The highest BCUT2D eigenvalue weighted by Gasteiger charge is 2.19. The number of hydrogen-bond acceptors (Lipinski definition) is 6. The summed E-state index contributed by atoms with van der Waals surface area (Å²) in [5.74, 6) is -0.998. The molecule has 0 rings (SSSR count). The topological polar surface area (TPSA) is 78.9 Å². The number of ether oxygens (including phenoxy) is 3. The molecule has 0 bridgehead atoms. The second-order valence-corrected chi connectivity index (χ2v) is 21.3. The number of unbranched alkanes of at least 4 members (excludes halogenated alkanes) is 21. The lowest BCUT2D eigenvalue weighted by atomic mass is 10.1. The zero-order valence-corrected chi connectivity index (χ0v) is 52.2. The lowest BCUT2D eigenvalue weighted by Gasteiger charge is -2.18. The number of hydrogen-bond donors (Lipinski definition) is 0. The second-order valence-electron chi connectivity index (χ2n) is 21.3. The van der Waals surface area contributed by atoms with Crippen LogP contribution in [0.3, 0.4) is 0 Å². The van der Waals surface area contributed by atoms with E-state index >= 15 is 0 Å². The molecule has 81 heavy (non-hydrogen) atoms. The molecule has 0 N–H and O–H groups in total. The van der Waals surface area contributed by atoms with Crippen LogP contribution in [0.4, 0.5) is 0 Å². The van der Waals surface area contributed by atoms with E-state index < -0.39 is 6.10 Å². The van der Waals surface area contributed by atoms with E-state index in [4.69, 9.17) is 14.2 Å². The molecule has 0 spiro atoms. The fraction of sp³-hybridized carbons (Fsp3) is 0.613. The number of carbonyl (C=O) groups is 3. The average molecular weight is 1120 g/mol. The van der Waals surface area contributed by atoms with Gasteiger partial charge in [-0.25, -0.2) is 0 Å². The van der Waals surface area contributed by atoms with Crippen LogP contribution in [0.5, 0.6) is 0 Å². The van der Waals surface area contributed by atoms with Gasteiger partial charge in [0, 0.05) is 19.3 Å². The van der Waals surface area contributed by atoms with Crippen molar-refractivity contribution in [3.8, 4) is 0 Å². The van der Waals surface area contributed by atoms with Gasteiger partial charge in [0.15, 0.2) is 6.10 Å². The molecule has 0 fully saturated rings. The van der Waals surface area contributed by atoms with E-state index in [1.165, 1.54) is 89.9 Å². The van der Waals surface area contributed by atoms with Crippen LogP contribution in [0.2, 0.25) is 0 Å². The highest BCUT2D eigenvalue weighted by atomic mass is 16.6. The minimum Gasteiger partial charge on any atom is -0.462 e.